The summed E-state index contributed by atoms with van der Waals surface area (Å²) in [4.78, 5) is 18.0. The van der Waals surface area contributed by atoms with Crippen LogP contribution in [0.1, 0.15) is 87.4 Å². The summed E-state index contributed by atoms with van der Waals surface area (Å²) in [5, 5.41) is 3.32. The summed E-state index contributed by atoms with van der Waals surface area (Å²) >= 11 is 0. The van der Waals surface area contributed by atoms with Gasteiger partial charge in [0.15, 0.2) is 0 Å². The fourth-order valence-electron chi connectivity index (χ4n) is 8.28. The molecule has 1 aromatic rings. The second-order valence-corrected chi connectivity index (χ2v) is 14.7. The minimum atomic E-state index is 0. The van der Waals surface area contributed by atoms with Gasteiger partial charge in [-0.1, -0.05) is 37.8 Å². The Morgan fingerprint density at radius 2 is 1.33 bits per heavy atom. The molecule has 2 aliphatic heterocycles. The van der Waals surface area contributed by atoms with E-state index in [1.807, 2.05) is 36.4 Å². The summed E-state index contributed by atoms with van der Waals surface area (Å²) in [6.07, 6.45) is 18.7. The van der Waals surface area contributed by atoms with Gasteiger partial charge >= 0.3 is 0 Å². The van der Waals surface area contributed by atoms with Crippen molar-refractivity contribution < 1.29 is 19.0 Å². The van der Waals surface area contributed by atoms with E-state index in [0.717, 1.165) is 50.9 Å². The minimum Gasteiger partial charge on any atom is -0.497 e. The highest BCUT2D eigenvalue weighted by Gasteiger charge is 2.31. The third kappa shape index (κ3) is 14.7. The summed E-state index contributed by atoms with van der Waals surface area (Å²) in [5.41, 5.74) is 6.97. The first-order valence-electron chi connectivity index (χ1n) is 19.0. The highest BCUT2D eigenvalue weighted by atomic mass is 35.5. The third-order valence-corrected chi connectivity index (χ3v) is 10.9. The van der Waals surface area contributed by atoms with Crippen LogP contribution in [0.15, 0.2) is 49.6 Å². The van der Waals surface area contributed by atoms with Crippen molar-refractivity contribution in [3.63, 3.8) is 0 Å². The van der Waals surface area contributed by atoms with Crippen LogP contribution in [-0.4, -0.2) is 101 Å². The first-order valence-corrected chi connectivity index (χ1v) is 19.0. The molecule has 6 atom stereocenters. The van der Waals surface area contributed by atoms with Gasteiger partial charge in [-0.05, 0) is 112 Å². The molecule has 8 nitrogen and oxygen atoms in total. The Labute approximate surface area is 304 Å². The normalized spacial score (nSPS) is 27.9. The lowest BCUT2D eigenvalue weighted by atomic mass is 9.83. The second-order valence-electron chi connectivity index (χ2n) is 14.7. The molecule has 0 aromatic heterocycles. The number of piperidine rings is 2. The fourth-order valence-corrected chi connectivity index (χ4v) is 8.28. The molecule has 2 saturated heterocycles. The van der Waals surface area contributed by atoms with Crippen LogP contribution >= 0.6 is 12.4 Å². The van der Waals surface area contributed by atoms with Crippen LogP contribution in [0, 0.1) is 23.7 Å². The first-order chi connectivity index (χ1) is 23.5. The molecule has 0 spiro atoms. The number of ether oxygens (including phenoxy) is 3. The number of likely N-dealkylation sites (tertiary alicyclic amines) is 2. The Hall–Kier alpha value is -1.94. The number of methoxy groups -OCH3 is 1. The van der Waals surface area contributed by atoms with E-state index in [2.05, 4.69) is 28.3 Å². The number of carbonyl (C=O) groups excluding carboxylic acids is 1. The maximum atomic E-state index is 12.8. The number of rotatable bonds is 15. The van der Waals surface area contributed by atoms with E-state index in [1.54, 1.807) is 7.11 Å². The summed E-state index contributed by atoms with van der Waals surface area (Å²) in [6, 6.07) is 8.06. The van der Waals surface area contributed by atoms with Crippen molar-refractivity contribution in [2.75, 3.05) is 72.8 Å². The molecule has 2 saturated carbocycles. The molecule has 1 amide bonds. The highest BCUT2D eigenvalue weighted by Crippen LogP contribution is 2.28. The number of nitrogens with two attached hydrogens (primary N) is 1. The zero-order valence-corrected chi connectivity index (χ0v) is 31.2. The number of hydrogen-bond donors (Lipinski definition) is 2. The smallest absolute Gasteiger partial charge is 0.251 e. The molecule has 9 heteroatoms. The lowest BCUT2D eigenvalue weighted by Crippen LogP contribution is -2.48. The second kappa shape index (κ2) is 23.5. The van der Waals surface area contributed by atoms with Crippen molar-refractivity contribution in [2.45, 2.75) is 89.1 Å². The van der Waals surface area contributed by atoms with Gasteiger partial charge < -0.3 is 35.1 Å². The summed E-state index contributed by atoms with van der Waals surface area (Å²) in [7, 11) is 1.64. The number of nitrogens with zero attached hydrogens (tertiary/aromatic N) is 2. The van der Waals surface area contributed by atoms with Crippen molar-refractivity contribution in [3.8, 4) is 5.75 Å². The molecule has 278 valence electrons. The van der Waals surface area contributed by atoms with Crippen LogP contribution in [0.3, 0.4) is 0 Å². The number of hydrogen-bond acceptors (Lipinski definition) is 7. The van der Waals surface area contributed by atoms with E-state index in [-0.39, 0.29) is 24.4 Å². The van der Waals surface area contributed by atoms with Gasteiger partial charge in [0.25, 0.3) is 5.91 Å². The number of benzene rings is 1. The van der Waals surface area contributed by atoms with Crippen molar-refractivity contribution in [2.24, 2.45) is 29.4 Å². The van der Waals surface area contributed by atoms with Gasteiger partial charge in [0, 0.05) is 43.8 Å². The molecule has 4 aliphatic rings. The predicted molar refractivity (Wildman–Crippen MR) is 204 cm³/mol. The van der Waals surface area contributed by atoms with E-state index < -0.39 is 0 Å². The van der Waals surface area contributed by atoms with Crippen LogP contribution < -0.4 is 15.8 Å². The van der Waals surface area contributed by atoms with Crippen LogP contribution in [-0.2, 0) is 9.47 Å². The molecule has 4 fully saturated rings. The van der Waals surface area contributed by atoms with Gasteiger partial charge in [0.2, 0.25) is 0 Å². The van der Waals surface area contributed by atoms with Crippen LogP contribution in [0.25, 0.3) is 0 Å². The van der Waals surface area contributed by atoms with Crippen molar-refractivity contribution in [1.29, 1.82) is 0 Å². The molecule has 2 aliphatic carbocycles. The predicted octanol–water partition coefficient (Wildman–Crippen LogP) is 6.74. The molecular formula is C40H67ClN4O4. The summed E-state index contributed by atoms with van der Waals surface area (Å²) in [6.45, 7) is 17.4. The zero-order chi connectivity index (χ0) is 34.0. The van der Waals surface area contributed by atoms with Gasteiger partial charge in [-0.2, -0.15) is 0 Å². The lowest BCUT2D eigenvalue weighted by molar-refractivity contribution is 0.0599. The van der Waals surface area contributed by atoms with Crippen molar-refractivity contribution >= 4 is 18.3 Å². The van der Waals surface area contributed by atoms with E-state index in [4.69, 9.17) is 19.9 Å². The van der Waals surface area contributed by atoms with Crippen molar-refractivity contribution in [1.82, 2.24) is 15.1 Å². The molecular weight excluding hydrogens is 636 g/mol. The Kier molecular flexibility index (Phi) is 19.9. The maximum absolute atomic E-state index is 12.8. The Morgan fingerprint density at radius 3 is 1.88 bits per heavy atom. The third-order valence-electron chi connectivity index (χ3n) is 10.9. The van der Waals surface area contributed by atoms with E-state index >= 15 is 0 Å². The van der Waals surface area contributed by atoms with Crippen LogP contribution in [0.2, 0.25) is 0 Å². The van der Waals surface area contributed by atoms with Crippen LogP contribution in [0.5, 0.6) is 5.75 Å². The number of nitrogens with one attached hydrogen (secondary N) is 1. The quantitative estimate of drug-likeness (QED) is 0.155. The number of carbonyl (C=O) groups is 1. The number of halogens is 1. The average Bonchev–Trinajstić information content (AvgIpc) is 3.11. The fraction of sp³-hybridized carbons (Fsp3) is 0.725. The zero-order valence-electron chi connectivity index (χ0n) is 30.4. The summed E-state index contributed by atoms with van der Waals surface area (Å²) < 4.78 is 16.5. The molecule has 2 heterocycles. The van der Waals surface area contributed by atoms with Gasteiger partial charge in [-0.15, -0.1) is 25.6 Å². The monoisotopic (exact) mass is 702 g/mol. The molecule has 3 N–H and O–H groups in total. The Morgan fingerprint density at radius 1 is 0.796 bits per heavy atom. The molecule has 2 unspecified atom stereocenters. The summed E-state index contributed by atoms with van der Waals surface area (Å²) in [5.74, 6) is 3.36. The largest absolute Gasteiger partial charge is 0.497 e. The van der Waals surface area contributed by atoms with Gasteiger partial charge in [0.05, 0.1) is 33.5 Å². The van der Waals surface area contributed by atoms with Gasteiger partial charge in [-0.3, -0.25) is 4.79 Å². The molecule has 0 bridgehead atoms. The molecule has 49 heavy (non-hydrogen) atoms. The van der Waals surface area contributed by atoms with Crippen molar-refractivity contribution in [3.05, 3.63) is 55.1 Å². The molecule has 5 rings (SSSR count). The highest BCUT2D eigenvalue weighted by molar-refractivity contribution is 5.94. The SMILES string of the molecule is C=CCOCC1CCCN(C[C@@H]2CCCC[C@H]2N)C1.C=CCOCC1CCCN(C[C@@H]2CCCC[C@H]2NC(=O)c2ccc(OC)cc2)C1.Cl. The standard InChI is InChI=1S/C24H36N2O3.C16H30N2O.ClH/c1-3-15-29-18-19-7-6-14-26(16-19)17-21-8-4-5-9-23(21)25-24(27)20-10-12-22(28-2)13-11-20;1-2-10-19-13-14-6-5-9-18(11-14)12-15-7-3-4-8-16(15)17;/h3,10-13,19,21,23H,1,4-9,14-18H2,2H3,(H,25,27);2,14-16H,1,3-13,17H2;1H/t19?,21-,23+;14?,15-,16+;/m00./s1. The van der Waals surface area contributed by atoms with E-state index in [9.17, 15) is 4.79 Å². The Balaban J connectivity index is 0.000000283. The average molecular weight is 703 g/mol. The van der Waals surface area contributed by atoms with E-state index in [1.165, 1.54) is 90.3 Å². The van der Waals surface area contributed by atoms with Gasteiger partial charge in [-0.25, -0.2) is 0 Å². The topological polar surface area (TPSA) is 89.3 Å². The maximum Gasteiger partial charge on any atom is 0.251 e. The van der Waals surface area contributed by atoms with E-state index in [0.29, 0.717) is 42.6 Å². The first kappa shape index (κ1) is 41.5. The van der Waals surface area contributed by atoms with Crippen LogP contribution in [0.4, 0.5) is 0 Å². The minimum absolute atomic E-state index is 0. The molecule has 0 radical (unpaired) electrons. The Bertz CT molecular complexity index is 1070. The number of amides is 1. The lowest BCUT2D eigenvalue weighted by Gasteiger charge is -2.39. The van der Waals surface area contributed by atoms with Gasteiger partial charge in [0.1, 0.15) is 5.75 Å². The molecule has 1 aromatic carbocycles.